The molecule has 0 aliphatic carbocycles. The Morgan fingerprint density at radius 1 is 1.60 bits per heavy atom. The third-order valence-electron chi connectivity index (χ3n) is 2.30. The molecule has 0 saturated carbocycles. The van der Waals surface area contributed by atoms with Crippen molar-refractivity contribution >= 4 is 0 Å². The van der Waals surface area contributed by atoms with E-state index in [1.165, 1.54) is 0 Å². The van der Waals surface area contributed by atoms with Crippen molar-refractivity contribution in [3.63, 3.8) is 0 Å². The molecule has 4 atom stereocenters. The Balaban J connectivity index is 2.27. The molecule has 0 bridgehead atoms. The zero-order valence-electron chi connectivity index (χ0n) is 6.87. The summed E-state index contributed by atoms with van der Waals surface area (Å²) in [6.07, 6.45) is 1.33. The van der Waals surface area contributed by atoms with Crippen LogP contribution in [-0.2, 0) is 4.74 Å². The Morgan fingerprint density at radius 3 is 2.40 bits per heavy atom. The lowest BCUT2D eigenvalue weighted by Crippen LogP contribution is -2.22. The zero-order valence-corrected chi connectivity index (χ0v) is 6.87. The van der Waals surface area contributed by atoms with Crippen molar-refractivity contribution in [2.75, 3.05) is 0 Å². The molecular weight excluding hydrogens is 128 g/mol. The number of hydrogen-bond acceptors (Lipinski definition) is 2. The molecule has 1 heterocycles. The van der Waals surface area contributed by atoms with Gasteiger partial charge in [-0.05, 0) is 13.3 Å². The van der Waals surface area contributed by atoms with Gasteiger partial charge in [-0.1, -0.05) is 13.8 Å². The van der Waals surface area contributed by atoms with E-state index in [4.69, 9.17) is 4.74 Å². The third-order valence-corrected chi connectivity index (χ3v) is 2.30. The van der Waals surface area contributed by atoms with Crippen LogP contribution in [0.15, 0.2) is 0 Å². The average molecular weight is 144 g/mol. The molecule has 0 aromatic heterocycles. The summed E-state index contributed by atoms with van der Waals surface area (Å²) in [4.78, 5) is 0. The molecule has 4 unspecified atom stereocenters. The van der Waals surface area contributed by atoms with Gasteiger partial charge in [-0.3, -0.25) is 0 Å². The first-order chi connectivity index (χ1) is 4.66. The fourth-order valence-electron chi connectivity index (χ4n) is 1.34. The van der Waals surface area contributed by atoms with Crippen LogP contribution in [0.1, 0.15) is 27.2 Å². The van der Waals surface area contributed by atoms with E-state index in [1.807, 2.05) is 20.8 Å². The largest absolute Gasteiger partial charge is 0.393 e. The van der Waals surface area contributed by atoms with E-state index in [0.717, 1.165) is 6.42 Å². The number of aliphatic hydroxyl groups excluding tert-OH is 1. The predicted molar refractivity (Wildman–Crippen MR) is 39.8 cm³/mol. The molecule has 1 rings (SSSR count). The fraction of sp³-hybridized carbons (Fsp3) is 1.00. The summed E-state index contributed by atoms with van der Waals surface area (Å²) in [6, 6.07) is 0. The van der Waals surface area contributed by atoms with Crippen molar-refractivity contribution in [1.82, 2.24) is 0 Å². The van der Waals surface area contributed by atoms with Gasteiger partial charge in [-0.2, -0.15) is 0 Å². The minimum absolute atomic E-state index is 0.185. The molecule has 0 spiro atoms. The summed E-state index contributed by atoms with van der Waals surface area (Å²) < 4.78 is 5.24. The molecule has 1 N–H and O–H groups in total. The van der Waals surface area contributed by atoms with Crippen molar-refractivity contribution < 1.29 is 9.84 Å². The smallest absolute Gasteiger partial charge is 0.0889 e. The van der Waals surface area contributed by atoms with E-state index in [1.54, 1.807) is 0 Å². The second-order valence-electron chi connectivity index (χ2n) is 3.14. The maximum atomic E-state index is 9.37. The van der Waals surface area contributed by atoms with E-state index < -0.39 is 0 Å². The van der Waals surface area contributed by atoms with E-state index in [0.29, 0.717) is 18.1 Å². The normalized spacial score (nSPS) is 37.2. The number of aliphatic hydroxyl groups is 1. The minimum Gasteiger partial charge on any atom is -0.393 e. The van der Waals surface area contributed by atoms with Gasteiger partial charge >= 0.3 is 0 Å². The molecule has 0 aromatic carbocycles. The first-order valence-corrected chi connectivity index (χ1v) is 4.00. The van der Waals surface area contributed by atoms with Crippen LogP contribution in [-0.4, -0.2) is 23.4 Å². The van der Waals surface area contributed by atoms with Gasteiger partial charge in [0.1, 0.15) is 0 Å². The summed E-state index contributed by atoms with van der Waals surface area (Å²) in [5.74, 6) is 0.306. The molecule has 1 aliphatic heterocycles. The molecule has 0 radical (unpaired) electrons. The summed E-state index contributed by atoms with van der Waals surface area (Å²) in [6.45, 7) is 6.08. The van der Waals surface area contributed by atoms with Crippen LogP contribution in [0, 0.1) is 5.92 Å². The molecule has 0 amide bonds. The fourth-order valence-corrected chi connectivity index (χ4v) is 1.34. The van der Waals surface area contributed by atoms with Crippen LogP contribution in [0.5, 0.6) is 0 Å². The second-order valence-corrected chi connectivity index (χ2v) is 3.14. The quantitative estimate of drug-likeness (QED) is 0.603. The molecule has 60 valence electrons. The van der Waals surface area contributed by atoms with E-state index in [-0.39, 0.29) is 6.10 Å². The Hall–Kier alpha value is -0.0800. The van der Waals surface area contributed by atoms with E-state index >= 15 is 0 Å². The van der Waals surface area contributed by atoms with Crippen LogP contribution in [0.2, 0.25) is 0 Å². The lowest BCUT2D eigenvalue weighted by molar-refractivity contribution is 0.0953. The summed E-state index contributed by atoms with van der Waals surface area (Å²) in [5.41, 5.74) is 0. The molecule has 2 nitrogen and oxygen atoms in total. The minimum atomic E-state index is -0.185. The van der Waals surface area contributed by atoms with Crippen molar-refractivity contribution in [2.45, 2.75) is 45.5 Å². The molecule has 2 heteroatoms. The van der Waals surface area contributed by atoms with Crippen molar-refractivity contribution in [2.24, 2.45) is 5.92 Å². The summed E-state index contributed by atoms with van der Waals surface area (Å²) in [5, 5.41) is 9.37. The number of epoxide rings is 1. The van der Waals surface area contributed by atoms with Crippen molar-refractivity contribution in [1.29, 1.82) is 0 Å². The van der Waals surface area contributed by atoms with Gasteiger partial charge in [0.2, 0.25) is 0 Å². The predicted octanol–water partition coefficient (Wildman–Crippen LogP) is 1.18. The maximum absolute atomic E-state index is 9.37. The van der Waals surface area contributed by atoms with Crippen LogP contribution >= 0.6 is 0 Å². The Kier molecular flexibility index (Phi) is 2.32. The van der Waals surface area contributed by atoms with Crippen LogP contribution in [0.4, 0.5) is 0 Å². The number of ether oxygens (including phenoxy) is 1. The first kappa shape index (κ1) is 8.02. The Bertz CT molecular complexity index is 110. The van der Waals surface area contributed by atoms with Gasteiger partial charge in [0.15, 0.2) is 0 Å². The van der Waals surface area contributed by atoms with Gasteiger partial charge in [-0.15, -0.1) is 0 Å². The summed E-state index contributed by atoms with van der Waals surface area (Å²) in [7, 11) is 0. The molecular formula is C8H16O2. The highest BCUT2D eigenvalue weighted by Crippen LogP contribution is 2.31. The highest BCUT2D eigenvalue weighted by atomic mass is 16.6. The van der Waals surface area contributed by atoms with Gasteiger partial charge in [0.25, 0.3) is 0 Å². The monoisotopic (exact) mass is 144 g/mol. The zero-order chi connectivity index (χ0) is 7.72. The molecule has 0 aromatic rings. The van der Waals surface area contributed by atoms with Gasteiger partial charge in [0.05, 0.1) is 18.3 Å². The van der Waals surface area contributed by atoms with E-state index in [2.05, 4.69) is 0 Å². The summed E-state index contributed by atoms with van der Waals surface area (Å²) >= 11 is 0. The van der Waals surface area contributed by atoms with Gasteiger partial charge < -0.3 is 9.84 Å². The Morgan fingerprint density at radius 2 is 2.10 bits per heavy atom. The van der Waals surface area contributed by atoms with Crippen LogP contribution in [0.25, 0.3) is 0 Å². The van der Waals surface area contributed by atoms with E-state index in [9.17, 15) is 5.11 Å². The van der Waals surface area contributed by atoms with Crippen molar-refractivity contribution in [3.8, 4) is 0 Å². The molecule has 1 aliphatic rings. The SMILES string of the molecule is CCC(O)C(C)C1OC1C. The molecule has 10 heavy (non-hydrogen) atoms. The molecule has 1 fully saturated rings. The van der Waals surface area contributed by atoms with Gasteiger partial charge in [-0.25, -0.2) is 0 Å². The highest BCUT2D eigenvalue weighted by molar-refractivity contribution is 4.87. The van der Waals surface area contributed by atoms with Crippen LogP contribution < -0.4 is 0 Å². The van der Waals surface area contributed by atoms with Crippen molar-refractivity contribution in [3.05, 3.63) is 0 Å². The molecule has 1 saturated heterocycles. The lowest BCUT2D eigenvalue weighted by atomic mass is 9.97. The Labute approximate surface area is 62.2 Å². The third kappa shape index (κ3) is 1.50. The van der Waals surface area contributed by atoms with Gasteiger partial charge in [0, 0.05) is 5.92 Å². The lowest BCUT2D eigenvalue weighted by Gasteiger charge is -2.13. The average Bonchev–Trinajstić information content (AvgIpc) is 2.63. The standard InChI is InChI=1S/C8H16O2/c1-4-7(9)5(2)8-6(3)10-8/h5-9H,4H2,1-3H3. The maximum Gasteiger partial charge on any atom is 0.0889 e. The number of hydrogen-bond donors (Lipinski definition) is 1. The topological polar surface area (TPSA) is 32.8 Å². The number of rotatable bonds is 3. The second kappa shape index (κ2) is 2.89. The first-order valence-electron chi connectivity index (χ1n) is 4.00. The highest BCUT2D eigenvalue weighted by Gasteiger charge is 2.41. The van der Waals surface area contributed by atoms with Crippen LogP contribution in [0.3, 0.4) is 0 Å².